The van der Waals surface area contributed by atoms with Crippen molar-refractivity contribution in [2.75, 3.05) is 0 Å². The Morgan fingerprint density at radius 3 is 2.03 bits per heavy atom. The maximum Gasteiger partial charge on any atom is 0.326 e. The summed E-state index contributed by atoms with van der Waals surface area (Å²) in [6.45, 7) is 3.72. The molecule has 29 heavy (non-hydrogen) atoms. The fourth-order valence-corrected chi connectivity index (χ4v) is 2.80. The van der Waals surface area contributed by atoms with E-state index in [0.29, 0.717) is 11.4 Å². The van der Waals surface area contributed by atoms with E-state index in [9.17, 15) is 19.5 Å². The van der Waals surface area contributed by atoms with Crippen LogP contribution in [0.3, 0.4) is 0 Å². The number of carbonyl (C=O) groups excluding carboxylic acids is 2. The highest BCUT2D eigenvalue weighted by Gasteiger charge is 2.29. The number of nitrogens with one attached hydrogen (secondary N) is 4. The Kier molecular flexibility index (Phi) is 7.89. The van der Waals surface area contributed by atoms with Gasteiger partial charge in [-0.3, -0.25) is 9.59 Å². The first-order valence-corrected chi connectivity index (χ1v) is 9.29. The van der Waals surface area contributed by atoms with Crippen molar-refractivity contribution >= 4 is 17.8 Å². The van der Waals surface area contributed by atoms with Crippen LogP contribution in [0.1, 0.15) is 31.7 Å². The van der Waals surface area contributed by atoms with Gasteiger partial charge in [-0.25, -0.2) is 14.8 Å². The molecular weight excluding hydrogens is 378 g/mol. The molecule has 7 N–H and O–H groups in total. The molecule has 0 saturated carbocycles. The van der Waals surface area contributed by atoms with Gasteiger partial charge < -0.3 is 31.4 Å². The number of hydrogen-bond acceptors (Lipinski definition) is 6. The molecule has 2 rings (SSSR count). The second-order valence-electron chi connectivity index (χ2n) is 7.26. The van der Waals surface area contributed by atoms with Crippen molar-refractivity contribution in [1.82, 2.24) is 30.6 Å². The third-order valence-corrected chi connectivity index (χ3v) is 4.27. The molecule has 2 amide bonds. The van der Waals surface area contributed by atoms with E-state index in [4.69, 9.17) is 5.73 Å². The van der Waals surface area contributed by atoms with Crippen molar-refractivity contribution in [2.45, 2.75) is 51.2 Å². The van der Waals surface area contributed by atoms with Crippen LogP contribution >= 0.6 is 0 Å². The maximum atomic E-state index is 12.8. The number of carboxylic acid groups (broad SMARTS) is 1. The highest BCUT2D eigenvalue weighted by molar-refractivity contribution is 5.92. The van der Waals surface area contributed by atoms with Gasteiger partial charge in [0.1, 0.15) is 12.1 Å². The molecule has 0 aromatic carbocycles. The fourth-order valence-electron chi connectivity index (χ4n) is 2.80. The lowest BCUT2D eigenvalue weighted by Gasteiger charge is -2.23. The topological polar surface area (TPSA) is 179 Å². The molecule has 0 aliphatic heterocycles. The van der Waals surface area contributed by atoms with Crippen LogP contribution in [0.5, 0.6) is 0 Å². The predicted octanol–water partition coefficient (Wildman–Crippen LogP) is -0.654. The lowest BCUT2D eigenvalue weighted by molar-refractivity contribution is -0.142. The summed E-state index contributed by atoms with van der Waals surface area (Å²) in [4.78, 5) is 50.2. The maximum absolute atomic E-state index is 12.8. The van der Waals surface area contributed by atoms with Gasteiger partial charge in [-0.15, -0.1) is 0 Å². The average molecular weight is 405 g/mol. The quantitative estimate of drug-likeness (QED) is 0.287. The molecule has 2 aromatic rings. The van der Waals surface area contributed by atoms with E-state index in [1.807, 2.05) is 13.8 Å². The smallest absolute Gasteiger partial charge is 0.326 e. The molecule has 0 aliphatic carbocycles. The Hall–Kier alpha value is -3.21. The monoisotopic (exact) mass is 405 g/mol. The molecule has 0 fully saturated rings. The van der Waals surface area contributed by atoms with Crippen molar-refractivity contribution in [3.8, 4) is 0 Å². The number of carbonyl (C=O) groups is 3. The Morgan fingerprint density at radius 2 is 1.55 bits per heavy atom. The van der Waals surface area contributed by atoms with E-state index in [-0.39, 0.29) is 25.2 Å². The fraction of sp³-hybridized carbons (Fsp3) is 0.500. The highest BCUT2D eigenvalue weighted by Crippen LogP contribution is 2.07. The molecule has 3 atom stereocenters. The minimum atomic E-state index is -1.13. The molecule has 11 heteroatoms. The standard InChI is InChI=1S/C18H27N7O4/c1-10(2)3-15(18(28)29)25-17(27)14(5-12-7-21-9-23-12)24-16(26)13(19)4-11-6-20-8-22-11/h6-10,13-15H,3-5,19H2,1-2H3,(H,20,22)(H,21,23)(H,24,26)(H,25,27)(H,28,29). The average Bonchev–Trinajstić information content (AvgIpc) is 3.33. The van der Waals surface area contributed by atoms with Crippen LogP contribution in [0.2, 0.25) is 0 Å². The summed E-state index contributed by atoms with van der Waals surface area (Å²) in [6, 6.07) is -2.97. The van der Waals surface area contributed by atoms with E-state index in [1.165, 1.54) is 18.9 Å². The van der Waals surface area contributed by atoms with Gasteiger partial charge in [0.2, 0.25) is 11.8 Å². The van der Waals surface area contributed by atoms with Crippen molar-refractivity contribution in [3.63, 3.8) is 0 Å². The number of amides is 2. The zero-order chi connectivity index (χ0) is 21.4. The number of imidazole rings is 2. The zero-order valence-electron chi connectivity index (χ0n) is 16.4. The minimum absolute atomic E-state index is 0.0693. The Bertz CT molecular complexity index is 789. The van der Waals surface area contributed by atoms with Gasteiger partial charge in [-0.2, -0.15) is 0 Å². The van der Waals surface area contributed by atoms with Gasteiger partial charge in [0, 0.05) is 36.6 Å². The van der Waals surface area contributed by atoms with E-state index in [2.05, 4.69) is 30.6 Å². The molecule has 0 radical (unpaired) electrons. The van der Waals surface area contributed by atoms with Crippen LogP contribution in [0.15, 0.2) is 25.0 Å². The van der Waals surface area contributed by atoms with E-state index in [1.54, 1.807) is 6.20 Å². The summed E-state index contributed by atoms with van der Waals surface area (Å²) in [5, 5.41) is 14.5. The number of rotatable bonds is 11. The molecule has 2 heterocycles. The lowest BCUT2D eigenvalue weighted by Crippen LogP contribution is -2.55. The first kappa shape index (κ1) is 22.1. The highest BCUT2D eigenvalue weighted by atomic mass is 16.4. The van der Waals surface area contributed by atoms with Crippen LogP contribution in [0, 0.1) is 5.92 Å². The Labute approximate surface area is 167 Å². The van der Waals surface area contributed by atoms with E-state index < -0.39 is 35.9 Å². The van der Waals surface area contributed by atoms with Crippen LogP contribution in [-0.2, 0) is 27.2 Å². The van der Waals surface area contributed by atoms with Crippen molar-refractivity contribution in [3.05, 3.63) is 36.4 Å². The van der Waals surface area contributed by atoms with Gasteiger partial charge in [0.25, 0.3) is 0 Å². The number of hydrogen-bond donors (Lipinski definition) is 6. The summed E-state index contributed by atoms with van der Waals surface area (Å²) in [5.41, 5.74) is 7.24. The molecule has 2 aromatic heterocycles. The normalized spacial score (nSPS) is 14.2. The third-order valence-electron chi connectivity index (χ3n) is 4.27. The number of aliphatic carboxylic acids is 1. The van der Waals surface area contributed by atoms with Crippen molar-refractivity contribution in [2.24, 2.45) is 11.7 Å². The summed E-state index contributed by atoms with van der Waals surface area (Å²) in [5.74, 6) is -2.20. The molecule has 158 valence electrons. The minimum Gasteiger partial charge on any atom is -0.480 e. The Balaban J connectivity index is 2.07. The van der Waals surface area contributed by atoms with Crippen molar-refractivity contribution < 1.29 is 19.5 Å². The number of nitrogens with two attached hydrogens (primary N) is 1. The predicted molar refractivity (Wildman–Crippen MR) is 104 cm³/mol. The number of H-pyrrole nitrogens is 2. The zero-order valence-corrected chi connectivity index (χ0v) is 16.4. The van der Waals surface area contributed by atoms with Crippen LogP contribution < -0.4 is 16.4 Å². The van der Waals surface area contributed by atoms with Gasteiger partial charge in [-0.05, 0) is 12.3 Å². The summed E-state index contributed by atoms with van der Waals surface area (Å²) >= 11 is 0. The SMILES string of the molecule is CC(C)CC(NC(=O)C(Cc1cnc[nH]1)NC(=O)C(N)Cc1cnc[nH]1)C(=O)O. The molecule has 0 spiro atoms. The van der Waals surface area contributed by atoms with Gasteiger partial charge in [0.15, 0.2) is 0 Å². The van der Waals surface area contributed by atoms with Crippen LogP contribution in [0.25, 0.3) is 0 Å². The second-order valence-corrected chi connectivity index (χ2v) is 7.26. The molecule has 0 saturated heterocycles. The van der Waals surface area contributed by atoms with E-state index >= 15 is 0 Å². The molecule has 0 aliphatic rings. The lowest BCUT2D eigenvalue weighted by atomic mass is 10.0. The van der Waals surface area contributed by atoms with Crippen LogP contribution in [-0.4, -0.2) is 61.0 Å². The Morgan fingerprint density at radius 1 is 1.00 bits per heavy atom. The molecule has 0 bridgehead atoms. The number of aromatic amines is 2. The van der Waals surface area contributed by atoms with Gasteiger partial charge in [-0.1, -0.05) is 13.8 Å². The number of nitrogens with zero attached hydrogens (tertiary/aromatic N) is 2. The number of carboxylic acids is 1. The first-order chi connectivity index (χ1) is 13.8. The molecule has 11 nitrogen and oxygen atoms in total. The van der Waals surface area contributed by atoms with E-state index in [0.717, 1.165) is 0 Å². The molecule has 3 unspecified atom stereocenters. The third kappa shape index (κ3) is 7.03. The summed E-state index contributed by atoms with van der Waals surface area (Å²) in [7, 11) is 0. The summed E-state index contributed by atoms with van der Waals surface area (Å²) < 4.78 is 0. The van der Waals surface area contributed by atoms with Crippen LogP contribution in [0.4, 0.5) is 0 Å². The molecular formula is C18H27N7O4. The van der Waals surface area contributed by atoms with Gasteiger partial charge >= 0.3 is 5.97 Å². The van der Waals surface area contributed by atoms with Gasteiger partial charge in [0.05, 0.1) is 18.7 Å². The second kappa shape index (κ2) is 10.4. The number of aromatic nitrogens is 4. The largest absolute Gasteiger partial charge is 0.480 e. The summed E-state index contributed by atoms with van der Waals surface area (Å²) in [6.07, 6.45) is 6.62. The van der Waals surface area contributed by atoms with Crippen molar-refractivity contribution in [1.29, 1.82) is 0 Å². The first-order valence-electron chi connectivity index (χ1n) is 9.29.